The molecule has 0 aliphatic heterocycles. The number of hydrogen-bond acceptors (Lipinski definition) is 4. The van der Waals surface area contributed by atoms with Crippen molar-refractivity contribution in [2.75, 3.05) is 14.2 Å². The van der Waals surface area contributed by atoms with Gasteiger partial charge in [-0.3, -0.25) is 9.78 Å². The summed E-state index contributed by atoms with van der Waals surface area (Å²) in [4.78, 5) is 16.0. The minimum Gasteiger partial charge on any atom is -0.496 e. The number of hydrogen-bond donors (Lipinski definition) is 1. The highest BCUT2D eigenvalue weighted by Gasteiger charge is 2.12. The van der Waals surface area contributed by atoms with Gasteiger partial charge in [-0.15, -0.1) is 0 Å². The minimum absolute atomic E-state index is 0.237. The first-order chi connectivity index (χ1) is 9.76. The maximum atomic E-state index is 12.0. The highest BCUT2D eigenvalue weighted by Crippen LogP contribution is 2.27. The molecule has 1 aromatic carbocycles. The summed E-state index contributed by atoms with van der Waals surface area (Å²) in [6.07, 6.45) is 1.58. The van der Waals surface area contributed by atoms with E-state index in [0.717, 1.165) is 5.56 Å². The lowest BCUT2D eigenvalue weighted by Crippen LogP contribution is -2.24. The molecule has 1 amide bonds. The number of carbonyl (C=O) groups excluding carboxylic acids is 1. The Morgan fingerprint density at radius 3 is 2.35 bits per heavy atom. The quantitative estimate of drug-likeness (QED) is 0.904. The number of pyridine rings is 1. The van der Waals surface area contributed by atoms with Gasteiger partial charge >= 0.3 is 0 Å². The van der Waals surface area contributed by atoms with Crippen molar-refractivity contribution in [3.63, 3.8) is 0 Å². The number of nitrogens with one attached hydrogen (secondary N) is 1. The van der Waals surface area contributed by atoms with Gasteiger partial charge in [0.15, 0.2) is 0 Å². The van der Waals surface area contributed by atoms with Crippen LogP contribution in [0.15, 0.2) is 42.6 Å². The fourth-order valence-electron chi connectivity index (χ4n) is 1.86. The number of benzene rings is 1. The van der Waals surface area contributed by atoms with Gasteiger partial charge in [0.05, 0.1) is 26.3 Å². The fourth-order valence-corrected chi connectivity index (χ4v) is 1.86. The Bertz CT molecular complexity index is 563. The molecule has 1 N–H and O–H groups in total. The zero-order valence-electron chi connectivity index (χ0n) is 11.4. The van der Waals surface area contributed by atoms with E-state index in [-0.39, 0.29) is 5.91 Å². The summed E-state index contributed by atoms with van der Waals surface area (Å²) in [6, 6.07) is 10.7. The summed E-state index contributed by atoms with van der Waals surface area (Å²) in [7, 11) is 3.16. The maximum Gasteiger partial charge on any atom is 0.270 e. The van der Waals surface area contributed by atoms with E-state index in [9.17, 15) is 4.79 Å². The van der Waals surface area contributed by atoms with Crippen LogP contribution >= 0.6 is 0 Å². The number of aromatic nitrogens is 1. The molecule has 0 aliphatic rings. The largest absolute Gasteiger partial charge is 0.496 e. The molecule has 0 saturated heterocycles. The third-order valence-corrected chi connectivity index (χ3v) is 2.85. The summed E-state index contributed by atoms with van der Waals surface area (Å²) < 4.78 is 10.6. The number of carbonyl (C=O) groups is 1. The van der Waals surface area contributed by atoms with Crippen LogP contribution in [0.25, 0.3) is 0 Å². The van der Waals surface area contributed by atoms with Gasteiger partial charge in [-0.05, 0) is 24.3 Å². The standard InChI is InChI=1S/C15H16N2O3/c1-19-13-7-5-8-14(20-2)11(13)10-17-15(18)12-6-3-4-9-16-12/h3-9H,10H2,1-2H3,(H,17,18). The van der Waals surface area contributed by atoms with Crippen molar-refractivity contribution in [3.8, 4) is 11.5 Å². The predicted molar refractivity (Wildman–Crippen MR) is 75.0 cm³/mol. The Labute approximate surface area is 117 Å². The van der Waals surface area contributed by atoms with Crippen LogP contribution < -0.4 is 14.8 Å². The van der Waals surface area contributed by atoms with Crippen LogP contribution in [0.2, 0.25) is 0 Å². The number of amides is 1. The lowest BCUT2D eigenvalue weighted by atomic mass is 10.1. The minimum atomic E-state index is -0.237. The van der Waals surface area contributed by atoms with Crippen LogP contribution in [-0.2, 0) is 6.54 Å². The van der Waals surface area contributed by atoms with E-state index >= 15 is 0 Å². The molecule has 0 saturated carbocycles. The summed E-state index contributed by atoms with van der Waals surface area (Å²) in [6.45, 7) is 0.308. The van der Waals surface area contributed by atoms with E-state index in [1.54, 1.807) is 38.6 Å². The molecule has 1 heterocycles. The second kappa shape index (κ2) is 6.56. The zero-order chi connectivity index (χ0) is 14.4. The van der Waals surface area contributed by atoms with Gasteiger partial charge < -0.3 is 14.8 Å². The van der Waals surface area contributed by atoms with Crippen molar-refractivity contribution in [1.82, 2.24) is 10.3 Å². The van der Waals surface area contributed by atoms with Crippen LogP contribution in [0, 0.1) is 0 Å². The third-order valence-electron chi connectivity index (χ3n) is 2.85. The number of methoxy groups -OCH3 is 2. The Morgan fingerprint density at radius 2 is 1.80 bits per heavy atom. The van der Waals surface area contributed by atoms with E-state index in [1.165, 1.54) is 0 Å². The first-order valence-corrected chi connectivity index (χ1v) is 6.15. The van der Waals surface area contributed by atoms with Gasteiger partial charge in [0.2, 0.25) is 0 Å². The smallest absolute Gasteiger partial charge is 0.270 e. The fraction of sp³-hybridized carbons (Fsp3) is 0.200. The number of ether oxygens (including phenoxy) is 2. The first-order valence-electron chi connectivity index (χ1n) is 6.15. The van der Waals surface area contributed by atoms with Gasteiger partial charge in [-0.1, -0.05) is 12.1 Å². The number of rotatable bonds is 5. The van der Waals surface area contributed by atoms with Crippen LogP contribution in [0.3, 0.4) is 0 Å². The lowest BCUT2D eigenvalue weighted by Gasteiger charge is -2.13. The Kier molecular flexibility index (Phi) is 4.55. The first kappa shape index (κ1) is 13.9. The molecule has 0 bridgehead atoms. The van der Waals surface area contributed by atoms with Crippen molar-refractivity contribution in [1.29, 1.82) is 0 Å². The van der Waals surface area contributed by atoms with Crippen LogP contribution in [0.5, 0.6) is 11.5 Å². The molecule has 0 fully saturated rings. The second-order valence-electron chi connectivity index (χ2n) is 4.04. The predicted octanol–water partition coefficient (Wildman–Crippen LogP) is 2.03. The van der Waals surface area contributed by atoms with Crippen molar-refractivity contribution >= 4 is 5.91 Å². The van der Waals surface area contributed by atoms with E-state index in [2.05, 4.69) is 10.3 Å². The summed E-state index contributed by atoms with van der Waals surface area (Å²) in [5, 5.41) is 2.80. The molecular weight excluding hydrogens is 256 g/mol. The molecule has 5 nitrogen and oxygen atoms in total. The molecule has 104 valence electrons. The highest BCUT2D eigenvalue weighted by atomic mass is 16.5. The van der Waals surface area contributed by atoms with Crippen molar-refractivity contribution < 1.29 is 14.3 Å². The molecule has 2 aromatic rings. The summed E-state index contributed by atoms with van der Waals surface area (Å²) in [5.74, 6) is 1.11. The van der Waals surface area contributed by atoms with Crippen LogP contribution in [0.4, 0.5) is 0 Å². The average molecular weight is 272 g/mol. The van der Waals surface area contributed by atoms with Gasteiger partial charge in [0.1, 0.15) is 17.2 Å². The molecule has 20 heavy (non-hydrogen) atoms. The summed E-state index contributed by atoms with van der Waals surface area (Å²) >= 11 is 0. The van der Waals surface area contributed by atoms with Gasteiger partial charge in [-0.25, -0.2) is 0 Å². The van der Waals surface area contributed by atoms with Crippen LogP contribution in [0.1, 0.15) is 16.1 Å². The second-order valence-corrected chi connectivity index (χ2v) is 4.04. The molecule has 0 unspecified atom stereocenters. The topological polar surface area (TPSA) is 60.5 Å². The SMILES string of the molecule is COc1cccc(OC)c1CNC(=O)c1ccccn1. The van der Waals surface area contributed by atoms with E-state index in [0.29, 0.717) is 23.7 Å². The Balaban J connectivity index is 2.13. The summed E-state index contributed by atoms with van der Waals surface area (Å²) in [5.41, 5.74) is 1.17. The molecule has 0 radical (unpaired) electrons. The molecule has 1 aromatic heterocycles. The zero-order valence-corrected chi connectivity index (χ0v) is 11.4. The van der Waals surface area contributed by atoms with Gasteiger partial charge in [0.25, 0.3) is 5.91 Å². The molecule has 5 heteroatoms. The van der Waals surface area contributed by atoms with Gasteiger partial charge in [0, 0.05) is 6.20 Å². The molecule has 0 aliphatic carbocycles. The maximum absolute atomic E-state index is 12.0. The average Bonchev–Trinajstić information content (AvgIpc) is 2.52. The highest BCUT2D eigenvalue weighted by molar-refractivity contribution is 5.92. The van der Waals surface area contributed by atoms with E-state index in [1.807, 2.05) is 18.2 Å². The third kappa shape index (κ3) is 3.06. The van der Waals surface area contributed by atoms with Crippen molar-refractivity contribution in [2.24, 2.45) is 0 Å². The monoisotopic (exact) mass is 272 g/mol. The van der Waals surface area contributed by atoms with Crippen LogP contribution in [-0.4, -0.2) is 25.1 Å². The molecule has 0 atom stereocenters. The van der Waals surface area contributed by atoms with Crippen molar-refractivity contribution in [3.05, 3.63) is 53.9 Å². The lowest BCUT2D eigenvalue weighted by molar-refractivity contribution is 0.0945. The Morgan fingerprint density at radius 1 is 1.10 bits per heavy atom. The van der Waals surface area contributed by atoms with Gasteiger partial charge in [-0.2, -0.15) is 0 Å². The molecule has 2 rings (SSSR count). The normalized spacial score (nSPS) is 9.90. The Hall–Kier alpha value is -2.56. The van der Waals surface area contributed by atoms with E-state index < -0.39 is 0 Å². The van der Waals surface area contributed by atoms with Crippen molar-refractivity contribution in [2.45, 2.75) is 6.54 Å². The number of nitrogens with zero attached hydrogens (tertiary/aromatic N) is 1. The molecule has 0 spiro atoms. The molecular formula is C15H16N2O3. The van der Waals surface area contributed by atoms with E-state index in [4.69, 9.17) is 9.47 Å².